The van der Waals surface area contributed by atoms with Crippen molar-refractivity contribution in [2.24, 2.45) is 0 Å². The van der Waals surface area contributed by atoms with Gasteiger partial charge in [0.1, 0.15) is 11.6 Å². The average Bonchev–Trinajstić information content (AvgIpc) is 2.90. The number of rotatable bonds is 4. The fourth-order valence-electron chi connectivity index (χ4n) is 1.80. The van der Waals surface area contributed by atoms with Crippen molar-refractivity contribution in [1.82, 2.24) is 10.5 Å². The zero-order valence-corrected chi connectivity index (χ0v) is 12.8. The monoisotopic (exact) mass is 292 g/mol. The van der Waals surface area contributed by atoms with Gasteiger partial charge < -0.3 is 9.84 Å². The van der Waals surface area contributed by atoms with E-state index in [0.717, 1.165) is 5.56 Å². The molecule has 0 bridgehead atoms. The fraction of sp³-hybridized carbons (Fsp3) is 0.375. The number of hydrogen-bond acceptors (Lipinski definition) is 3. The lowest BCUT2D eigenvalue weighted by atomic mass is 10.1. The first kappa shape index (κ1) is 16.9. The van der Waals surface area contributed by atoms with Crippen LogP contribution < -0.4 is 5.32 Å². The smallest absolute Gasteiger partial charge is 0.273 e. The van der Waals surface area contributed by atoms with Gasteiger partial charge in [-0.05, 0) is 38.0 Å². The molecule has 21 heavy (non-hydrogen) atoms. The van der Waals surface area contributed by atoms with E-state index in [1.165, 1.54) is 12.1 Å². The minimum atomic E-state index is -0.272. The van der Waals surface area contributed by atoms with Crippen molar-refractivity contribution in [3.63, 3.8) is 0 Å². The van der Waals surface area contributed by atoms with Crippen LogP contribution >= 0.6 is 0 Å². The largest absolute Gasteiger partial charge is 0.361 e. The molecule has 0 aliphatic carbocycles. The van der Waals surface area contributed by atoms with E-state index in [2.05, 4.69) is 10.5 Å². The standard InChI is InChI=1S/C14H15FN2O2.C2H6/c1-9(7-11-3-5-12(15)6-4-11)16-14(18)13-8-10(2)19-17-13;1-2/h3-6,8-9H,7H2,1-2H3,(H,16,18);1-2H3. The second-order valence-electron chi connectivity index (χ2n) is 4.53. The number of hydrogen-bond donors (Lipinski definition) is 1. The van der Waals surface area contributed by atoms with Gasteiger partial charge >= 0.3 is 0 Å². The average molecular weight is 292 g/mol. The number of nitrogens with zero attached hydrogens (tertiary/aromatic N) is 1. The highest BCUT2D eigenvalue weighted by molar-refractivity contribution is 5.92. The van der Waals surface area contributed by atoms with Gasteiger partial charge in [-0.15, -0.1) is 0 Å². The molecule has 1 aromatic heterocycles. The Bertz CT molecular complexity index is 564. The molecule has 1 N–H and O–H groups in total. The Morgan fingerprint density at radius 2 is 1.95 bits per heavy atom. The molecule has 1 amide bonds. The Morgan fingerprint density at radius 3 is 2.48 bits per heavy atom. The number of benzene rings is 1. The molecule has 0 spiro atoms. The molecule has 5 heteroatoms. The highest BCUT2D eigenvalue weighted by Crippen LogP contribution is 2.07. The number of amides is 1. The number of carbonyl (C=O) groups is 1. The van der Waals surface area contributed by atoms with Gasteiger partial charge in [0.25, 0.3) is 5.91 Å². The summed E-state index contributed by atoms with van der Waals surface area (Å²) in [6.07, 6.45) is 0.628. The molecule has 0 fully saturated rings. The molecule has 0 saturated carbocycles. The summed E-state index contributed by atoms with van der Waals surface area (Å²) in [5.74, 6) is 0.0568. The fourth-order valence-corrected chi connectivity index (χ4v) is 1.80. The lowest BCUT2D eigenvalue weighted by Gasteiger charge is -2.12. The van der Waals surface area contributed by atoms with Crippen LogP contribution in [0.1, 0.15) is 42.6 Å². The zero-order valence-electron chi connectivity index (χ0n) is 12.8. The predicted octanol–water partition coefficient (Wildman–Crippen LogP) is 3.51. The lowest BCUT2D eigenvalue weighted by molar-refractivity contribution is 0.0931. The molecule has 0 saturated heterocycles. The maximum atomic E-state index is 12.8. The van der Waals surface area contributed by atoms with Crippen LogP contribution in [0, 0.1) is 12.7 Å². The Balaban J connectivity index is 0.00000106. The molecular weight excluding hydrogens is 271 g/mol. The van der Waals surface area contributed by atoms with Crippen molar-refractivity contribution in [3.8, 4) is 0 Å². The number of halogens is 1. The van der Waals surface area contributed by atoms with Crippen molar-refractivity contribution >= 4 is 5.91 Å². The minimum absolute atomic E-state index is 0.0741. The van der Waals surface area contributed by atoms with E-state index < -0.39 is 0 Å². The first-order chi connectivity index (χ1) is 10.0. The highest BCUT2D eigenvalue weighted by Gasteiger charge is 2.13. The third-order valence-electron chi connectivity index (χ3n) is 2.69. The van der Waals surface area contributed by atoms with Crippen molar-refractivity contribution in [3.05, 3.63) is 53.2 Å². The summed E-state index contributed by atoms with van der Waals surface area (Å²) in [7, 11) is 0. The van der Waals surface area contributed by atoms with Crippen LogP contribution in [0.15, 0.2) is 34.9 Å². The van der Waals surface area contributed by atoms with E-state index >= 15 is 0 Å². The van der Waals surface area contributed by atoms with Crippen LogP contribution in [-0.4, -0.2) is 17.1 Å². The quantitative estimate of drug-likeness (QED) is 0.938. The van der Waals surface area contributed by atoms with E-state index in [0.29, 0.717) is 12.2 Å². The Labute approximate surface area is 124 Å². The van der Waals surface area contributed by atoms with Gasteiger partial charge in [0.05, 0.1) is 0 Å². The first-order valence-electron chi connectivity index (χ1n) is 7.03. The third-order valence-corrected chi connectivity index (χ3v) is 2.69. The second-order valence-corrected chi connectivity index (χ2v) is 4.53. The normalized spacial score (nSPS) is 11.3. The summed E-state index contributed by atoms with van der Waals surface area (Å²) in [4.78, 5) is 11.8. The number of nitrogens with one attached hydrogen (secondary N) is 1. The topological polar surface area (TPSA) is 55.1 Å². The van der Waals surface area contributed by atoms with Crippen molar-refractivity contribution in [1.29, 1.82) is 0 Å². The third kappa shape index (κ3) is 5.38. The van der Waals surface area contributed by atoms with E-state index in [1.54, 1.807) is 25.1 Å². The Hall–Kier alpha value is -2.17. The van der Waals surface area contributed by atoms with Crippen LogP contribution in [-0.2, 0) is 6.42 Å². The Morgan fingerprint density at radius 1 is 1.33 bits per heavy atom. The van der Waals surface area contributed by atoms with Gasteiger partial charge in [0, 0.05) is 12.1 Å². The molecule has 4 nitrogen and oxygen atoms in total. The van der Waals surface area contributed by atoms with Crippen LogP contribution in [0.25, 0.3) is 0 Å². The predicted molar refractivity (Wildman–Crippen MR) is 79.6 cm³/mol. The molecular formula is C16H21FN2O2. The number of carbonyl (C=O) groups excluding carboxylic acids is 1. The van der Waals surface area contributed by atoms with Crippen molar-refractivity contribution in [2.45, 2.75) is 40.2 Å². The van der Waals surface area contributed by atoms with E-state index in [1.807, 2.05) is 20.8 Å². The molecule has 1 heterocycles. The molecule has 1 atom stereocenters. The van der Waals surface area contributed by atoms with Gasteiger partial charge in [-0.3, -0.25) is 4.79 Å². The maximum absolute atomic E-state index is 12.8. The van der Waals surface area contributed by atoms with Crippen LogP contribution in [0.2, 0.25) is 0 Å². The molecule has 2 aromatic rings. The van der Waals surface area contributed by atoms with Gasteiger partial charge in [-0.1, -0.05) is 31.1 Å². The van der Waals surface area contributed by atoms with Gasteiger partial charge in [0.2, 0.25) is 0 Å². The lowest BCUT2D eigenvalue weighted by Crippen LogP contribution is -2.34. The van der Waals surface area contributed by atoms with Crippen molar-refractivity contribution < 1.29 is 13.7 Å². The molecule has 1 unspecified atom stereocenters. The van der Waals surface area contributed by atoms with Gasteiger partial charge in [-0.2, -0.15) is 0 Å². The number of aryl methyl sites for hydroxylation is 1. The molecule has 114 valence electrons. The van der Waals surface area contributed by atoms with Crippen LogP contribution in [0.5, 0.6) is 0 Å². The molecule has 0 aliphatic rings. The van der Waals surface area contributed by atoms with E-state index in [4.69, 9.17) is 4.52 Å². The van der Waals surface area contributed by atoms with E-state index in [9.17, 15) is 9.18 Å². The summed E-state index contributed by atoms with van der Waals surface area (Å²) in [6, 6.07) is 7.74. The molecule has 2 rings (SSSR count). The van der Waals surface area contributed by atoms with E-state index in [-0.39, 0.29) is 23.5 Å². The summed E-state index contributed by atoms with van der Waals surface area (Å²) in [6.45, 7) is 7.61. The molecule has 0 aliphatic heterocycles. The summed E-state index contributed by atoms with van der Waals surface area (Å²) in [5, 5.41) is 6.47. The number of aromatic nitrogens is 1. The summed E-state index contributed by atoms with van der Waals surface area (Å²) in [5.41, 5.74) is 1.23. The molecule has 0 radical (unpaired) electrons. The SMILES string of the molecule is CC.Cc1cc(C(=O)NC(C)Cc2ccc(F)cc2)no1. The highest BCUT2D eigenvalue weighted by atomic mass is 19.1. The Kier molecular flexibility index (Phi) is 6.59. The molecule has 1 aromatic carbocycles. The van der Waals surface area contributed by atoms with Gasteiger partial charge in [-0.25, -0.2) is 4.39 Å². The summed E-state index contributed by atoms with van der Waals surface area (Å²) < 4.78 is 17.6. The minimum Gasteiger partial charge on any atom is -0.361 e. The van der Waals surface area contributed by atoms with Crippen LogP contribution in [0.3, 0.4) is 0 Å². The van der Waals surface area contributed by atoms with Crippen molar-refractivity contribution in [2.75, 3.05) is 0 Å². The first-order valence-corrected chi connectivity index (χ1v) is 7.03. The zero-order chi connectivity index (χ0) is 15.8. The summed E-state index contributed by atoms with van der Waals surface area (Å²) >= 11 is 0. The van der Waals surface area contributed by atoms with Crippen LogP contribution in [0.4, 0.5) is 4.39 Å². The second kappa shape index (κ2) is 8.19. The maximum Gasteiger partial charge on any atom is 0.273 e. The van der Waals surface area contributed by atoms with Gasteiger partial charge in [0.15, 0.2) is 5.69 Å².